The van der Waals surface area contributed by atoms with E-state index in [1.54, 1.807) is 41.5 Å². The van der Waals surface area contributed by atoms with E-state index in [2.05, 4.69) is 11.6 Å². The van der Waals surface area contributed by atoms with Crippen molar-refractivity contribution < 1.29 is 13.9 Å². The summed E-state index contributed by atoms with van der Waals surface area (Å²) in [5, 5.41) is 0.608. The number of carbonyl (C=O) groups excluding carboxylic acids is 1. The molecule has 2 aromatic heterocycles. The highest BCUT2D eigenvalue weighted by Gasteiger charge is 2.33. The van der Waals surface area contributed by atoms with E-state index in [-0.39, 0.29) is 12.2 Å². The minimum Gasteiger partial charge on any atom is -0.458 e. The van der Waals surface area contributed by atoms with E-state index >= 15 is 0 Å². The number of furan rings is 1. The first kappa shape index (κ1) is 26.0. The summed E-state index contributed by atoms with van der Waals surface area (Å²) in [6.07, 6.45) is 5.19. The fourth-order valence-electron chi connectivity index (χ4n) is 4.25. The highest BCUT2D eigenvalue weighted by Crippen LogP contribution is 2.32. The third kappa shape index (κ3) is 5.07. The van der Waals surface area contributed by atoms with Crippen molar-refractivity contribution in [2.75, 3.05) is 12.9 Å². The second kappa shape index (κ2) is 11.0. The van der Waals surface area contributed by atoms with Crippen LogP contribution in [0.2, 0.25) is 5.02 Å². The predicted octanol–water partition coefficient (Wildman–Crippen LogP) is 5.60. The molecule has 2 aromatic carbocycles. The van der Waals surface area contributed by atoms with Crippen LogP contribution in [0, 0.1) is 0 Å². The summed E-state index contributed by atoms with van der Waals surface area (Å²) in [7, 11) is 0. The normalized spacial score (nSPS) is 15.2. The van der Waals surface area contributed by atoms with Crippen LogP contribution in [0.4, 0.5) is 0 Å². The summed E-state index contributed by atoms with van der Waals surface area (Å²) in [4.78, 5) is 33.1. The Kier molecular flexibility index (Phi) is 7.56. The number of aromatic nitrogens is 1. The molecule has 0 bridgehead atoms. The van der Waals surface area contributed by atoms with Crippen molar-refractivity contribution in [2.45, 2.75) is 17.9 Å². The number of benzene rings is 2. The molecule has 1 aliphatic rings. The highest BCUT2D eigenvalue weighted by molar-refractivity contribution is 7.98. The van der Waals surface area contributed by atoms with Gasteiger partial charge in [0.1, 0.15) is 18.1 Å². The first-order valence-corrected chi connectivity index (χ1v) is 14.1. The number of thiazole rings is 1. The monoisotopic (exact) mass is 562 g/mol. The molecule has 1 atom stereocenters. The molecule has 0 amide bonds. The van der Waals surface area contributed by atoms with Gasteiger partial charge >= 0.3 is 5.97 Å². The minimum atomic E-state index is -0.680. The van der Waals surface area contributed by atoms with Crippen LogP contribution in [-0.4, -0.2) is 23.4 Å². The van der Waals surface area contributed by atoms with Crippen LogP contribution in [0.25, 0.3) is 17.4 Å². The van der Waals surface area contributed by atoms with Gasteiger partial charge < -0.3 is 9.15 Å². The zero-order valence-corrected chi connectivity index (χ0v) is 23.0. The third-order valence-corrected chi connectivity index (χ3v) is 7.98. The zero-order valence-electron chi connectivity index (χ0n) is 20.6. The molecule has 0 saturated heterocycles. The van der Waals surface area contributed by atoms with Gasteiger partial charge in [0, 0.05) is 21.6 Å². The SMILES string of the molecule is C=CCOC(=O)C1=C(C)N=c2s/c(=C/c3ccc(-c4cccc(Cl)c4)o3)c(=O)n2C1c1ccc(SC)cc1. The summed E-state index contributed by atoms with van der Waals surface area (Å²) in [5.41, 5.74) is 2.19. The van der Waals surface area contributed by atoms with Gasteiger partial charge in [-0.1, -0.05) is 59.9 Å². The molecule has 192 valence electrons. The standard InChI is InChI=1S/C29H23ClN2O4S2/c1-4-14-35-28(34)25-17(2)31-29-32(26(25)18-8-11-22(37-3)12-9-18)27(33)24(38-29)16-21-10-13-23(36-21)19-6-5-7-20(30)15-19/h4-13,15-16,26H,1,14H2,2-3H3/b24-16+. The summed E-state index contributed by atoms with van der Waals surface area (Å²) in [5.74, 6) is 0.630. The van der Waals surface area contributed by atoms with Crippen molar-refractivity contribution in [3.05, 3.63) is 121 Å². The smallest absolute Gasteiger partial charge is 0.338 e. The first-order valence-electron chi connectivity index (χ1n) is 11.7. The van der Waals surface area contributed by atoms with Crippen molar-refractivity contribution in [1.82, 2.24) is 4.57 Å². The molecule has 6 nitrogen and oxygen atoms in total. The van der Waals surface area contributed by atoms with Crippen LogP contribution in [0.5, 0.6) is 0 Å². The molecule has 0 radical (unpaired) electrons. The quantitative estimate of drug-likeness (QED) is 0.166. The van der Waals surface area contributed by atoms with Crippen LogP contribution in [0.15, 0.2) is 104 Å². The summed E-state index contributed by atoms with van der Waals surface area (Å²) in [6.45, 7) is 5.44. The molecular formula is C29H23ClN2O4S2. The van der Waals surface area contributed by atoms with Gasteiger partial charge in [-0.15, -0.1) is 11.8 Å². The largest absolute Gasteiger partial charge is 0.458 e. The Bertz CT molecular complexity index is 1750. The molecule has 9 heteroatoms. The number of thioether (sulfide) groups is 1. The van der Waals surface area contributed by atoms with Crippen molar-refractivity contribution in [3.8, 4) is 11.3 Å². The molecule has 0 fully saturated rings. The third-order valence-electron chi connectivity index (χ3n) is 6.01. The number of halogens is 1. The Balaban J connectivity index is 1.62. The molecule has 38 heavy (non-hydrogen) atoms. The number of rotatable bonds is 7. The molecule has 1 aliphatic heterocycles. The second-order valence-electron chi connectivity index (χ2n) is 8.45. The summed E-state index contributed by atoms with van der Waals surface area (Å²) < 4.78 is 13.4. The lowest BCUT2D eigenvalue weighted by atomic mass is 9.96. The van der Waals surface area contributed by atoms with Gasteiger partial charge in [0.15, 0.2) is 4.80 Å². The number of ether oxygens (including phenoxy) is 1. The van der Waals surface area contributed by atoms with Crippen molar-refractivity contribution >= 4 is 46.7 Å². The molecule has 3 heterocycles. The Labute approximate surface area is 232 Å². The molecule has 0 saturated carbocycles. The maximum atomic E-state index is 13.8. The Morgan fingerprint density at radius 2 is 2.03 bits per heavy atom. The van der Waals surface area contributed by atoms with Crippen LogP contribution in [-0.2, 0) is 9.53 Å². The Hall–Kier alpha value is -3.59. The van der Waals surface area contributed by atoms with E-state index in [1.165, 1.54) is 17.4 Å². The molecule has 4 aromatic rings. The maximum absolute atomic E-state index is 13.8. The molecule has 5 rings (SSSR count). The van der Waals surface area contributed by atoms with Crippen LogP contribution in [0.1, 0.15) is 24.3 Å². The molecule has 0 spiro atoms. The van der Waals surface area contributed by atoms with E-state index in [9.17, 15) is 9.59 Å². The minimum absolute atomic E-state index is 0.0611. The fraction of sp³-hybridized carbons (Fsp3) is 0.138. The Morgan fingerprint density at radius 1 is 1.24 bits per heavy atom. The van der Waals surface area contributed by atoms with Crippen LogP contribution in [0.3, 0.4) is 0 Å². The van der Waals surface area contributed by atoms with E-state index in [4.69, 9.17) is 20.8 Å². The van der Waals surface area contributed by atoms with Crippen LogP contribution < -0.4 is 14.9 Å². The van der Waals surface area contributed by atoms with E-state index in [0.29, 0.717) is 37.1 Å². The van der Waals surface area contributed by atoms with Gasteiger partial charge in [-0.05, 0) is 55.1 Å². The number of nitrogens with zero attached hydrogens (tertiary/aromatic N) is 2. The molecule has 0 N–H and O–H groups in total. The Morgan fingerprint density at radius 3 is 2.74 bits per heavy atom. The van der Waals surface area contributed by atoms with Gasteiger partial charge in [0.05, 0.1) is 21.8 Å². The lowest BCUT2D eigenvalue weighted by Gasteiger charge is -2.24. The van der Waals surface area contributed by atoms with E-state index in [0.717, 1.165) is 16.0 Å². The summed E-state index contributed by atoms with van der Waals surface area (Å²) >= 11 is 8.98. The van der Waals surface area contributed by atoms with Crippen LogP contribution >= 0.6 is 34.7 Å². The van der Waals surface area contributed by atoms with Crippen molar-refractivity contribution in [3.63, 3.8) is 0 Å². The van der Waals surface area contributed by atoms with E-state index in [1.807, 2.05) is 54.8 Å². The average molecular weight is 563 g/mol. The van der Waals surface area contributed by atoms with Gasteiger partial charge in [-0.25, -0.2) is 9.79 Å². The zero-order chi connectivity index (χ0) is 26.8. The molecular weight excluding hydrogens is 540 g/mol. The van der Waals surface area contributed by atoms with Gasteiger partial charge in [0.2, 0.25) is 0 Å². The van der Waals surface area contributed by atoms with Crippen molar-refractivity contribution in [2.24, 2.45) is 4.99 Å². The average Bonchev–Trinajstić information content (AvgIpc) is 3.51. The lowest BCUT2D eigenvalue weighted by molar-refractivity contribution is -0.138. The van der Waals surface area contributed by atoms with Crippen molar-refractivity contribution in [1.29, 1.82) is 0 Å². The second-order valence-corrected chi connectivity index (χ2v) is 10.8. The maximum Gasteiger partial charge on any atom is 0.338 e. The number of hydrogen-bond donors (Lipinski definition) is 0. The number of hydrogen-bond acceptors (Lipinski definition) is 7. The van der Waals surface area contributed by atoms with Gasteiger partial charge in [-0.3, -0.25) is 9.36 Å². The molecule has 1 unspecified atom stereocenters. The topological polar surface area (TPSA) is 73.8 Å². The number of fused-ring (bicyclic) bond motifs is 1. The van der Waals surface area contributed by atoms with E-state index < -0.39 is 12.0 Å². The predicted molar refractivity (Wildman–Crippen MR) is 152 cm³/mol. The number of carbonyl (C=O) groups is 1. The number of allylic oxidation sites excluding steroid dienone is 1. The lowest BCUT2D eigenvalue weighted by Crippen LogP contribution is -2.39. The molecule has 0 aliphatic carbocycles. The summed E-state index contributed by atoms with van der Waals surface area (Å²) in [6, 6.07) is 18.1. The van der Waals surface area contributed by atoms with Gasteiger partial charge in [0.25, 0.3) is 5.56 Å². The number of esters is 1. The van der Waals surface area contributed by atoms with Gasteiger partial charge in [-0.2, -0.15) is 0 Å². The fourth-order valence-corrected chi connectivity index (χ4v) is 5.88. The first-order chi connectivity index (χ1) is 18.4. The highest BCUT2D eigenvalue weighted by atomic mass is 35.5.